The van der Waals surface area contributed by atoms with Crippen molar-refractivity contribution in [3.63, 3.8) is 0 Å². The Kier molecular flexibility index (Phi) is 6.30. The monoisotopic (exact) mass is 342 g/mol. The zero-order chi connectivity index (χ0) is 14.7. The predicted molar refractivity (Wildman–Crippen MR) is 94.4 cm³/mol. The Balaban J connectivity index is 0.00000176. The maximum absolute atomic E-state index is 12.9. The molecule has 2 aliphatic rings. The van der Waals surface area contributed by atoms with Crippen LogP contribution in [0.2, 0.25) is 0 Å². The van der Waals surface area contributed by atoms with Crippen LogP contribution in [0.3, 0.4) is 0 Å². The normalized spacial score (nSPS) is 24.0. The first kappa shape index (κ1) is 17.8. The number of amides is 1. The molecule has 1 aromatic heterocycles. The minimum atomic E-state index is 0. The van der Waals surface area contributed by atoms with Gasteiger partial charge in [0.25, 0.3) is 0 Å². The lowest BCUT2D eigenvalue weighted by Gasteiger charge is -2.37. The molecule has 124 valence electrons. The summed E-state index contributed by atoms with van der Waals surface area (Å²) in [5.41, 5.74) is 7.44. The number of carbonyl (C=O) groups is 1. The van der Waals surface area contributed by atoms with E-state index in [4.69, 9.17) is 5.73 Å². The standard InChI is InChI=1S/C17H26N2OS.ClH/c18-13-17(7-2-1-3-8-17)11-16(20)19-9-4-5-15(19)14-6-10-21-12-14;/h6,10,12,15H,1-5,7-9,11,13,18H2;1H. The van der Waals surface area contributed by atoms with Gasteiger partial charge >= 0.3 is 0 Å². The smallest absolute Gasteiger partial charge is 0.223 e. The lowest BCUT2D eigenvalue weighted by atomic mass is 9.71. The molecule has 1 aliphatic heterocycles. The molecular formula is C17H27ClN2OS. The Morgan fingerprint density at radius 1 is 1.32 bits per heavy atom. The third-order valence-corrected chi connectivity index (χ3v) is 6.08. The van der Waals surface area contributed by atoms with Crippen molar-refractivity contribution in [1.82, 2.24) is 4.90 Å². The van der Waals surface area contributed by atoms with E-state index in [1.807, 2.05) is 0 Å². The van der Waals surface area contributed by atoms with Gasteiger partial charge in [-0.2, -0.15) is 11.3 Å². The summed E-state index contributed by atoms with van der Waals surface area (Å²) in [6.07, 6.45) is 8.93. The van der Waals surface area contributed by atoms with Gasteiger partial charge in [-0.15, -0.1) is 12.4 Å². The molecule has 5 heteroatoms. The van der Waals surface area contributed by atoms with Gasteiger partial charge in [0.05, 0.1) is 6.04 Å². The topological polar surface area (TPSA) is 46.3 Å². The van der Waals surface area contributed by atoms with Crippen molar-refractivity contribution in [3.05, 3.63) is 22.4 Å². The number of rotatable bonds is 4. The fourth-order valence-electron chi connectivity index (χ4n) is 4.05. The first-order valence-corrected chi connectivity index (χ1v) is 9.20. The molecule has 2 heterocycles. The van der Waals surface area contributed by atoms with Crippen molar-refractivity contribution >= 4 is 29.7 Å². The number of nitrogens with zero attached hydrogens (tertiary/aromatic N) is 1. The summed E-state index contributed by atoms with van der Waals surface area (Å²) in [6.45, 7) is 1.58. The summed E-state index contributed by atoms with van der Waals surface area (Å²) >= 11 is 1.72. The molecule has 1 atom stereocenters. The quantitative estimate of drug-likeness (QED) is 0.894. The number of thiophene rings is 1. The zero-order valence-corrected chi connectivity index (χ0v) is 14.8. The van der Waals surface area contributed by atoms with Gasteiger partial charge in [-0.25, -0.2) is 0 Å². The van der Waals surface area contributed by atoms with E-state index in [9.17, 15) is 4.79 Å². The Bertz CT molecular complexity index is 471. The van der Waals surface area contributed by atoms with Gasteiger partial charge < -0.3 is 10.6 Å². The van der Waals surface area contributed by atoms with Crippen LogP contribution in [0.5, 0.6) is 0 Å². The van der Waals surface area contributed by atoms with Crippen LogP contribution in [0.25, 0.3) is 0 Å². The Morgan fingerprint density at radius 3 is 2.73 bits per heavy atom. The molecule has 3 nitrogen and oxygen atoms in total. The first-order valence-electron chi connectivity index (χ1n) is 8.26. The summed E-state index contributed by atoms with van der Waals surface area (Å²) in [6, 6.07) is 2.47. The van der Waals surface area contributed by atoms with Gasteiger partial charge in [-0.1, -0.05) is 19.3 Å². The molecule has 1 saturated carbocycles. The van der Waals surface area contributed by atoms with Crippen molar-refractivity contribution in [1.29, 1.82) is 0 Å². The number of likely N-dealkylation sites (tertiary alicyclic amines) is 1. The van der Waals surface area contributed by atoms with Crippen LogP contribution in [0.15, 0.2) is 16.8 Å². The van der Waals surface area contributed by atoms with Crippen molar-refractivity contribution < 1.29 is 4.79 Å². The van der Waals surface area contributed by atoms with E-state index < -0.39 is 0 Å². The minimum absolute atomic E-state index is 0. The van der Waals surface area contributed by atoms with Gasteiger partial charge in [0, 0.05) is 13.0 Å². The highest BCUT2D eigenvalue weighted by atomic mass is 35.5. The van der Waals surface area contributed by atoms with Crippen molar-refractivity contribution in [2.75, 3.05) is 13.1 Å². The third-order valence-electron chi connectivity index (χ3n) is 5.37. The number of halogens is 1. The van der Waals surface area contributed by atoms with E-state index >= 15 is 0 Å². The fourth-order valence-corrected chi connectivity index (χ4v) is 4.76. The highest BCUT2D eigenvalue weighted by Gasteiger charge is 2.37. The summed E-state index contributed by atoms with van der Waals surface area (Å²) in [4.78, 5) is 15.0. The maximum atomic E-state index is 12.9. The SMILES string of the molecule is Cl.NCC1(CC(=O)N2CCCC2c2ccsc2)CCCCC1. The van der Waals surface area contributed by atoms with Crippen molar-refractivity contribution in [2.45, 2.75) is 57.4 Å². The largest absolute Gasteiger partial charge is 0.336 e. The van der Waals surface area contributed by atoms with Crippen LogP contribution >= 0.6 is 23.7 Å². The molecule has 0 aromatic carbocycles. The maximum Gasteiger partial charge on any atom is 0.223 e. The Labute approximate surface area is 143 Å². The Hall–Kier alpha value is -0.580. The van der Waals surface area contributed by atoms with Crippen LogP contribution in [-0.4, -0.2) is 23.9 Å². The highest BCUT2D eigenvalue weighted by Crippen LogP contribution is 2.41. The second kappa shape index (κ2) is 7.80. The summed E-state index contributed by atoms with van der Waals surface area (Å²) in [7, 11) is 0. The molecule has 3 rings (SSSR count). The molecule has 0 spiro atoms. The molecule has 2 N–H and O–H groups in total. The second-order valence-electron chi connectivity index (χ2n) is 6.74. The molecule has 1 aliphatic carbocycles. The van der Waals surface area contributed by atoms with E-state index in [2.05, 4.69) is 21.7 Å². The predicted octanol–water partition coefficient (Wildman–Crippen LogP) is 4.13. The minimum Gasteiger partial charge on any atom is -0.336 e. The van der Waals surface area contributed by atoms with Gasteiger partial charge in [-0.3, -0.25) is 4.79 Å². The number of nitrogens with two attached hydrogens (primary N) is 1. The summed E-state index contributed by atoms with van der Waals surface area (Å²) in [5.74, 6) is 0.330. The van der Waals surface area contributed by atoms with E-state index in [-0.39, 0.29) is 17.8 Å². The van der Waals surface area contributed by atoms with Gasteiger partial charge in [-0.05, 0) is 60.0 Å². The number of carbonyl (C=O) groups excluding carboxylic acids is 1. The molecule has 1 unspecified atom stereocenters. The molecule has 0 bridgehead atoms. The van der Waals surface area contributed by atoms with Crippen LogP contribution in [0.4, 0.5) is 0 Å². The first-order chi connectivity index (χ1) is 10.2. The van der Waals surface area contributed by atoms with Gasteiger partial charge in [0.1, 0.15) is 0 Å². The van der Waals surface area contributed by atoms with E-state index in [1.165, 1.54) is 24.8 Å². The fraction of sp³-hybridized carbons (Fsp3) is 0.706. The average Bonchev–Trinajstić information content (AvgIpc) is 3.18. The molecule has 0 radical (unpaired) electrons. The number of hydrogen-bond acceptors (Lipinski definition) is 3. The molecule has 1 amide bonds. The molecule has 1 saturated heterocycles. The molecule has 22 heavy (non-hydrogen) atoms. The summed E-state index contributed by atoms with van der Waals surface area (Å²) < 4.78 is 0. The highest BCUT2D eigenvalue weighted by molar-refractivity contribution is 7.07. The van der Waals surface area contributed by atoms with Crippen LogP contribution < -0.4 is 5.73 Å². The van der Waals surface area contributed by atoms with E-state index in [0.29, 0.717) is 24.9 Å². The van der Waals surface area contributed by atoms with Gasteiger partial charge in [0.15, 0.2) is 0 Å². The van der Waals surface area contributed by atoms with E-state index in [0.717, 1.165) is 32.2 Å². The summed E-state index contributed by atoms with van der Waals surface area (Å²) in [5, 5.41) is 4.30. The average molecular weight is 343 g/mol. The molecule has 1 aromatic rings. The lowest BCUT2D eigenvalue weighted by molar-refractivity contribution is -0.135. The van der Waals surface area contributed by atoms with E-state index in [1.54, 1.807) is 11.3 Å². The molecule has 2 fully saturated rings. The molecular weight excluding hydrogens is 316 g/mol. The Morgan fingerprint density at radius 2 is 2.09 bits per heavy atom. The lowest BCUT2D eigenvalue weighted by Crippen LogP contribution is -2.40. The zero-order valence-electron chi connectivity index (χ0n) is 13.1. The third kappa shape index (κ3) is 3.66. The van der Waals surface area contributed by atoms with Gasteiger partial charge in [0.2, 0.25) is 5.91 Å². The van der Waals surface area contributed by atoms with Crippen LogP contribution in [-0.2, 0) is 4.79 Å². The van der Waals surface area contributed by atoms with Crippen molar-refractivity contribution in [3.8, 4) is 0 Å². The van der Waals surface area contributed by atoms with Crippen molar-refractivity contribution in [2.24, 2.45) is 11.1 Å². The van der Waals surface area contributed by atoms with Crippen LogP contribution in [0.1, 0.15) is 63.0 Å². The van der Waals surface area contributed by atoms with Crippen LogP contribution in [0, 0.1) is 5.41 Å². The number of hydrogen-bond donors (Lipinski definition) is 1. The second-order valence-corrected chi connectivity index (χ2v) is 7.52.